The topological polar surface area (TPSA) is 37.8 Å². The van der Waals surface area contributed by atoms with E-state index in [2.05, 4.69) is 32.1 Å². The third-order valence-electron chi connectivity index (χ3n) is 3.09. The summed E-state index contributed by atoms with van der Waals surface area (Å²) in [6.07, 6.45) is 2.37. The summed E-state index contributed by atoms with van der Waals surface area (Å²) in [6.45, 7) is 2.73. The summed E-state index contributed by atoms with van der Waals surface area (Å²) >= 11 is 7.86. The van der Waals surface area contributed by atoms with Crippen LogP contribution in [0.1, 0.15) is 35.7 Å². The number of nitrogens with zero attached hydrogens (tertiary/aromatic N) is 2. The minimum Gasteiger partial charge on any atom is -0.366 e. The van der Waals surface area contributed by atoms with Crippen LogP contribution in [0.2, 0.25) is 5.15 Å². The fourth-order valence-electron chi connectivity index (χ4n) is 1.78. The molecule has 0 aromatic carbocycles. The summed E-state index contributed by atoms with van der Waals surface area (Å²) in [5.41, 5.74) is 2.19. The van der Waals surface area contributed by atoms with Crippen molar-refractivity contribution in [3.8, 4) is 0 Å². The number of nitrogens with one attached hydrogen (secondary N) is 1. The molecule has 1 N–H and O–H groups in total. The van der Waals surface area contributed by atoms with Crippen LogP contribution < -0.4 is 5.32 Å². The van der Waals surface area contributed by atoms with E-state index in [-0.39, 0.29) is 0 Å². The molecule has 1 aliphatic carbocycles. The Kier molecular flexibility index (Phi) is 3.22. The minimum absolute atomic E-state index is 0.518. The van der Waals surface area contributed by atoms with Gasteiger partial charge in [0, 0.05) is 18.0 Å². The van der Waals surface area contributed by atoms with Gasteiger partial charge in [0.15, 0.2) is 0 Å². The molecule has 0 amide bonds. The third kappa shape index (κ3) is 2.49. The molecule has 0 aliphatic heterocycles. The molecular weight excluding hydrogens is 266 g/mol. The van der Waals surface area contributed by atoms with Crippen LogP contribution in [0.3, 0.4) is 0 Å². The van der Waals surface area contributed by atoms with Crippen LogP contribution >= 0.6 is 22.9 Å². The molecule has 1 saturated carbocycles. The zero-order chi connectivity index (χ0) is 12.5. The molecule has 3 nitrogen and oxygen atoms in total. The Morgan fingerprint density at radius 1 is 1.44 bits per heavy atom. The Hall–Kier alpha value is -1.13. The lowest BCUT2D eigenvalue weighted by Gasteiger charge is -2.10. The smallest absolute Gasteiger partial charge is 0.137 e. The molecule has 2 heterocycles. The Morgan fingerprint density at radius 2 is 2.28 bits per heavy atom. The molecule has 3 rings (SSSR count). The molecular formula is C13H14ClN3S. The molecule has 0 saturated heterocycles. The summed E-state index contributed by atoms with van der Waals surface area (Å²) in [6, 6.07) is 2.11. The molecule has 0 radical (unpaired) electrons. The predicted octanol–water partition coefficient (Wildman–Crippen LogP) is 3.99. The van der Waals surface area contributed by atoms with Crippen molar-refractivity contribution in [2.24, 2.45) is 0 Å². The summed E-state index contributed by atoms with van der Waals surface area (Å²) < 4.78 is 0. The number of hydrogen-bond donors (Lipinski definition) is 1. The SMILES string of the molecule is Cc1c(Cl)nc(C2CC2)nc1NCc1ccsc1. The molecule has 0 atom stereocenters. The third-order valence-corrected chi connectivity index (χ3v) is 4.19. The van der Waals surface area contributed by atoms with Crippen molar-refractivity contribution in [2.45, 2.75) is 32.2 Å². The van der Waals surface area contributed by atoms with Crippen molar-refractivity contribution in [1.29, 1.82) is 0 Å². The first-order valence-electron chi connectivity index (χ1n) is 6.03. The number of aromatic nitrogens is 2. The van der Waals surface area contributed by atoms with Crippen LogP contribution in [-0.4, -0.2) is 9.97 Å². The van der Waals surface area contributed by atoms with Gasteiger partial charge in [-0.25, -0.2) is 9.97 Å². The van der Waals surface area contributed by atoms with Crippen molar-refractivity contribution >= 4 is 28.8 Å². The molecule has 94 valence electrons. The molecule has 18 heavy (non-hydrogen) atoms. The van der Waals surface area contributed by atoms with Crippen LogP contribution in [-0.2, 0) is 6.54 Å². The van der Waals surface area contributed by atoms with Crippen LogP contribution in [0.4, 0.5) is 5.82 Å². The van der Waals surface area contributed by atoms with E-state index in [1.807, 2.05) is 6.92 Å². The van der Waals surface area contributed by atoms with Gasteiger partial charge in [-0.15, -0.1) is 0 Å². The van der Waals surface area contributed by atoms with E-state index in [0.717, 1.165) is 23.8 Å². The molecule has 1 fully saturated rings. The van der Waals surface area contributed by atoms with Crippen LogP contribution in [0.15, 0.2) is 16.8 Å². The van der Waals surface area contributed by atoms with Gasteiger partial charge < -0.3 is 5.32 Å². The van der Waals surface area contributed by atoms with Gasteiger partial charge in [0.1, 0.15) is 16.8 Å². The number of halogens is 1. The Labute approximate surface area is 115 Å². The average Bonchev–Trinajstić information content (AvgIpc) is 3.08. The maximum Gasteiger partial charge on any atom is 0.137 e. The summed E-state index contributed by atoms with van der Waals surface area (Å²) in [4.78, 5) is 8.95. The van der Waals surface area contributed by atoms with Gasteiger partial charge in [-0.3, -0.25) is 0 Å². The van der Waals surface area contributed by atoms with Gasteiger partial charge in [0.05, 0.1) is 0 Å². The summed E-state index contributed by atoms with van der Waals surface area (Å²) in [5.74, 6) is 2.27. The highest BCUT2D eigenvalue weighted by Crippen LogP contribution is 2.39. The van der Waals surface area contributed by atoms with Crippen LogP contribution in [0, 0.1) is 6.92 Å². The lowest BCUT2D eigenvalue weighted by Crippen LogP contribution is -2.06. The number of anilines is 1. The van der Waals surface area contributed by atoms with E-state index in [9.17, 15) is 0 Å². The van der Waals surface area contributed by atoms with Gasteiger partial charge in [-0.05, 0) is 42.2 Å². The lowest BCUT2D eigenvalue weighted by molar-refractivity contribution is 0.912. The molecule has 2 aromatic rings. The molecule has 2 aromatic heterocycles. The monoisotopic (exact) mass is 279 g/mol. The Morgan fingerprint density at radius 3 is 2.94 bits per heavy atom. The van der Waals surface area contributed by atoms with Crippen molar-refractivity contribution in [3.63, 3.8) is 0 Å². The van der Waals surface area contributed by atoms with Crippen molar-refractivity contribution in [3.05, 3.63) is 38.9 Å². The first kappa shape index (κ1) is 11.9. The second kappa shape index (κ2) is 4.86. The van der Waals surface area contributed by atoms with Gasteiger partial charge >= 0.3 is 0 Å². The van der Waals surface area contributed by atoms with E-state index in [0.29, 0.717) is 11.1 Å². The van der Waals surface area contributed by atoms with Gasteiger partial charge in [0.25, 0.3) is 0 Å². The van der Waals surface area contributed by atoms with Gasteiger partial charge in [-0.1, -0.05) is 11.6 Å². The fourth-order valence-corrected chi connectivity index (χ4v) is 2.63. The van der Waals surface area contributed by atoms with E-state index >= 15 is 0 Å². The van der Waals surface area contributed by atoms with E-state index in [4.69, 9.17) is 11.6 Å². The summed E-state index contributed by atoms with van der Waals surface area (Å²) in [5, 5.41) is 8.13. The standard InChI is InChI=1S/C13H14ClN3S/c1-8-11(14)16-13(10-2-3-10)17-12(8)15-6-9-4-5-18-7-9/h4-5,7,10H,2-3,6H2,1H3,(H,15,16,17). The number of hydrogen-bond acceptors (Lipinski definition) is 4. The maximum absolute atomic E-state index is 6.16. The highest BCUT2D eigenvalue weighted by atomic mass is 35.5. The first-order valence-corrected chi connectivity index (χ1v) is 7.35. The van der Waals surface area contributed by atoms with Crippen LogP contribution in [0.5, 0.6) is 0 Å². The second-order valence-electron chi connectivity index (χ2n) is 4.61. The molecule has 0 bridgehead atoms. The zero-order valence-corrected chi connectivity index (χ0v) is 11.7. The Bertz CT molecular complexity index is 550. The van der Waals surface area contributed by atoms with Crippen LogP contribution in [0.25, 0.3) is 0 Å². The molecule has 1 aliphatic rings. The van der Waals surface area contributed by atoms with Gasteiger partial charge in [0.2, 0.25) is 0 Å². The van der Waals surface area contributed by atoms with E-state index in [1.54, 1.807) is 11.3 Å². The minimum atomic E-state index is 0.518. The zero-order valence-electron chi connectivity index (χ0n) is 10.1. The maximum atomic E-state index is 6.16. The van der Waals surface area contributed by atoms with E-state index in [1.165, 1.54) is 18.4 Å². The highest BCUT2D eigenvalue weighted by Gasteiger charge is 2.27. The molecule has 5 heteroatoms. The molecule has 0 unspecified atom stereocenters. The quantitative estimate of drug-likeness (QED) is 0.860. The van der Waals surface area contributed by atoms with Crippen molar-refractivity contribution in [1.82, 2.24) is 9.97 Å². The number of thiophene rings is 1. The van der Waals surface area contributed by atoms with E-state index < -0.39 is 0 Å². The molecule has 0 spiro atoms. The number of rotatable bonds is 4. The average molecular weight is 280 g/mol. The van der Waals surface area contributed by atoms with Crippen molar-refractivity contribution in [2.75, 3.05) is 5.32 Å². The Balaban J connectivity index is 1.81. The largest absolute Gasteiger partial charge is 0.366 e. The second-order valence-corrected chi connectivity index (χ2v) is 5.74. The fraction of sp³-hybridized carbons (Fsp3) is 0.385. The summed E-state index contributed by atoms with van der Waals surface area (Å²) in [7, 11) is 0. The highest BCUT2D eigenvalue weighted by molar-refractivity contribution is 7.07. The van der Waals surface area contributed by atoms with Crippen molar-refractivity contribution < 1.29 is 0 Å². The van der Waals surface area contributed by atoms with Gasteiger partial charge in [-0.2, -0.15) is 11.3 Å². The normalized spacial score (nSPS) is 14.8. The first-order chi connectivity index (χ1) is 8.74. The lowest BCUT2D eigenvalue weighted by atomic mass is 10.3. The predicted molar refractivity (Wildman–Crippen MR) is 75.4 cm³/mol.